The molecule has 8 rings (SSSR count). The Labute approximate surface area is 342 Å². The smallest absolute Gasteiger partial charge is 0.0594 e. The van der Waals surface area contributed by atoms with Gasteiger partial charge >= 0.3 is 0 Å². The van der Waals surface area contributed by atoms with Crippen LogP contribution in [0.1, 0.15) is 132 Å². The Hall–Kier alpha value is -3.42. The Morgan fingerprint density at radius 2 is 1.38 bits per heavy atom. The second kappa shape index (κ2) is 16.8. The zero-order chi connectivity index (χ0) is 38.9. The summed E-state index contributed by atoms with van der Waals surface area (Å²) >= 11 is 0. The molecule has 4 aromatic rings. The van der Waals surface area contributed by atoms with Crippen LogP contribution in [-0.2, 0) is 19.3 Å². The first-order chi connectivity index (χ1) is 27.2. The number of fused-ring (bicyclic) bond motifs is 2. The summed E-state index contributed by atoms with van der Waals surface area (Å²) in [5.41, 5.74) is 17.3. The number of aryl methyl sites for hydroxylation is 2. The van der Waals surface area contributed by atoms with Crippen LogP contribution in [-0.4, -0.2) is 8.07 Å². The Bertz CT molecular complexity index is 2000. The van der Waals surface area contributed by atoms with Crippen LogP contribution in [0.2, 0.25) is 18.6 Å². The van der Waals surface area contributed by atoms with Gasteiger partial charge in [-0.1, -0.05) is 182 Å². The van der Waals surface area contributed by atoms with Gasteiger partial charge in [0.1, 0.15) is 0 Å². The summed E-state index contributed by atoms with van der Waals surface area (Å²) in [6, 6.07) is 35.7. The highest BCUT2D eigenvalue weighted by Gasteiger charge is 2.56. The minimum absolute atomic E-state index is 0.479. The normalized spacial score (nSPS) is 25.5. The van der Waals surface area contributed by atoms with Crippen LogP contribution in [0.4, 0.5) is 0 Å². The minimum Gasteiger partial charge on any atom is -0.0808 e. The number of unbranched alkanes of at least 4 members (excludes halogenated alkanes) is 2. The minimum atomic E-state index is -1.91. The Morgan fingerprint density at radius 3 is 2.07 bits per heavy atom. The Morgan fingerprint density at radius 1 is 0.714 bits per heavy atom. The molecule has 4 aromatic carbocycles. The molecule has 0 aliphatic heterocycles. The maximum absolute atomic E-state index is 2.86. The fourth-order valence-electron chi connectivity index (χ4n) is 13.1. The highest BCUT2D eigenvalue weighted by molar-refractivity contribution is 6.80. The lowest BCUT2D eigenvalue weighted by molar-refractivity contribution is 0.164. The van der Waals surface area contributed by atoms with Gasteiger partial charge in [0.05, 0.1) is 8.07 Å². The molecular formula is C55H70Si. The molecule has 294 valence electrons. The third-order valence-corrected chi connectivity index (χ3v) is 20.5. The molecule has 6 atom stereocenters. The standard InChI is InChI=1S/C55H70Si/c1-7-9-21-40-34-41(22-10-8-2)36-43(35-40)46-27-19-30-50-52(46)37-44(38-55(4)31-17-12-18-32-55)54(50)56(5,6)53-39(3)33-51-48(28-20-29-49(51)53)47-26-16-15-25-45(47)42-23-13-11-14-24-42/h11,13-16,19-20,23-30,34-36,39,44,49,51,53-54H,7-10,12,17-18,21-22,31-33,37-38H2,1-6H3. The predicted molar refractivity (Wildman–Crippen MR) is 246 cm³/mol. The zero-order valence-electron chi connectivity index (χ0n) is 35.8. The molecule has 0 aromatic heterocycles. The van der Waals surface area contributed by atoms with Crippen LogP contribution in [0.3, 0.4) is 0 Å². The predicted octanol–water partition coefficient (Wildman–Crippen LogP) is 15.9. The van der Waals surface area contributed by atoms with Crippen molar-refractivity contribution in [2.45, 2.75) is 142 Å². The van der Waals surface area contributed by atoms with Crippen LogP contribution in [0.25, 0.3) is 27.8 Å². The fraction of sp³-hybridized carbons (Fsp3) is 0.491. The van der Waals surface area contributed by atoms with Gasteiger partial charge < -0.3 is 0 Å². The lowest BCUT2D eigenvalue weighted by Gasteiger charge is -2.46. The quantitative estimate of drug-likeness (QED) is 0.119. The van der Waals surface area contributed by atoms with Crippen molar-refractivity contribution in [1.82, 2.24) is 0 Å². The van der Waals surface area contributed by atoms with Crippen molar-refractivity contribution < 1.29 is 0 Å². The summed E-state index contributed by atoms with van der Waals surface area (Å²) in [6.07, 6.45) is 26.2. The number of benzene rings is 4. The van der Waals surface area contributed by atoms with Crippen LogP contribution in [0.15, 0.2) is 109 Å². The molecule has 0 nitrogen and oxygen atoms in total. The monoisotopic (exact) mass is 759 g/mol. The van der Waals surface area contributed by atoms with Gasteiger partial charge in [0.15, 0.2) is 0 Å². The zero-order valence-corrected chi connectivity index (χ0v) is 36.8. The molecular weight excluding hydrogens is 689 g/mol. The lowest BCUT2D eigenvalue weighted by Crippen LogP contribution is -2.46. The summed E-state index contributed by atoms with van der Waals surface area (Å²) in [7, 11) is -1.91. The number of allylic oxidation sites excluding steroid dienone is 4. The number of hydrogen-bond acceptors (Lipinski definition) is 0. The third-order valence-electron chi connectivity index (χ3n) is 15.4. The summed E-state index contributed by atoms with van der Waals surface area (Å²) < 4.78 is 0. The topological polar surface area (TPSA) is 0 Å². The fourth-order valence-corrected chi connectivity index (χ4v) is 19.0. The highest BCUT2D eigenvalue weighted by atomic mass is 28.3. The molecule has 0 bridgehead atoms. The Kier molecular flexibility index (Phi) is 11.8. The molecule has 0 saturated heterocycles. The van der Waals surface area contributed by atoms with E-state index in [9.17, 15) is 0 Å². The van der Waals surface area contributed by atoms with E-state index in [1.165, 1.54) is 112 Å². The van der Waals surface area contributed by atoms with Gasteiger partial charge in [-0.15, -0.1) is 0 Å². The van der Waals surface area contributed by atoms with Crippen molar-refractivity contribution in [3.05, 3.63) is 137 Å². The summed E-state index contributed by atoms with van der Waals surface area (Å²) in [4.78, 5) is 0. The van der Waals surface area contributed by atoms with E-state index in [2.05, 4.69) is 150 Å². The molecule has 2 saturated carbocycles. The summed E-state index contributed by atoms with van der Waals surface area (Å²) in [6.45, 7) is 15.7. The first-order valence-electron chi connectivity index (χ1n) is 23.0. The molecule has 6 unspecified atom stereocenters. The molecule has 4 aliphatic rings. The molecule has 56 heavy (non-hydrogen) atoms. The Balaban J connectivity index is 1.18. The van der Waals surface area contributed by atoms with E-state index >= 15 is 0 Å². The van der Waals surface area contributed by atoms with Crippen molar-refractivity contribution in [3.63, 3.8) is 0 Å². The van der Waals surface area contributed by atoms with E-state index < -0.39 is 8.07 Å². The van der Waals surface area contributed by atoms with E-state index in [-0.39, 0.29) is 0 Å². The summed E-state index contributed by atoms with van der Waals surface area (Å²) in [5.74, 6) is 2.66. The van der Waals surface area contributed by atoms with E-state index in [0.29, 0.717) is 22.8 Å². The van der Waals surface area contributed by atoms with Crippen molar-refractivity contribution in [1.29, 1.82) is 0 Å². The van der Waals surface area contributed by atoms with E-state index in [0.717, 1.165) is 17.4 Å². The van der Waals surface area contributed by atoms with Gasteiger partial charge in [-0.3, -0.25) is 0 Å². The average Bonchev–Trinajstić information content (AvgIpc) is 3.76. The second-order valence-corrected chi connectivity index (χ2v) is 24.7. The van der Waals surface area contributed by atoms with E-state index in [1.807, 2.05) is 0 Å². The number of hydrogen-bond donors (Lipinski definition) is 0. The molecule has 0 radical (unpaired) electrons. The first-order valence-corrected chi connectivity index (χ1v) is 26.1. The van der Waals surface area contributed by atoms with Gasteiger partial charge in [0.25, 0.3) is 0 Å². The number of rotatable bonds is 13. The van der Waals surface area contributed by atoms with Crippen molar-refractivity contribution >= 4 is 13.6 Å². The molecule has 0 heterocycles. The molecule has 2 fully saturated rings. The van der Waals surface area contributed by atoms with Crippen LogP contribution in [0, 0.1) is 29.1 Å². The van der Waals surface area contributed by atoms with Gasteiger partial charge in [-0.25, -0.2) is 0 Å². The summed E-state index contributed by atoms with van der Waals surface area (Å²) in [5, 5.41) is 0. The van der Waals surface area contributed by atoms with Crippen LogP contribution < -0.4 is 0 Å². The largest absolute Gasteiger partial charge is 0.0808 e. The van der Waals surface area contributed by atoms with Gasteiger partial charge in [0, 0.05) is 0 Å². The highest BCUT2D eigenvalue weighted by Crippen LogP contribution is 2.63. The van der Waals surface area contributed by atoms with E-state index in [4.69, 9.17) is 0 Å². The maximum Gasteiger partial charge on any atom is 0.0594 e. The van der Waals surface area contributed by atoms with Gasteiger partial charge in [-0.2, -0.15) is 0 Å². The average molecular weight is 759 g/mol. The van der Waals surface area contributed by atoms with E-state index in [1.54, 1.807) is 33.4 Å². The van der Waals surface area contributed by atoms with Crippen LogP contribution in [0.5, 0.6) is 0 Å². The van der Waals surface area contributed by atoms with Crippen LogP contribution >= 0.6 is 0 Å². The molecule has 0 amide bonds. The lowest BCUT2D eigenvalue weighted by atomic mass is 9.70. The van der Waals surface area contributed by atoms with Crippen molar-refractivity contribution in [2.24, 2.45) is 29.1 Å². The third kappa shape index (κ3) is 7.76. The maximum atomic E-state index is 2.86. The molecule has 1 heteroatoms. The molecule has 0 spiro atoms. The van der Waals surface area contributed by atoms with Crippen molar-refractivity contribution in [2.75, 3.05) is 0 Å². The van der Waals surface area contributed by atoms with Crippen molar-refractivity contribution in [3.8, 4) is 22.3 Å². The first kappa shape index (κ1) is 39.4. The second-order valence-electron chi connectivity index (χ2n) is 19.8. The SMILES string of the molecule is CCCCc1cc(CCCC)cc(-c2cccc3c2CC(CC2(C)CCCCC2)C3[Si](C)(C)C2C(C)CC3C(c4ccccc4-c4ccccc4)=CC=CC32)c1. The van der Waals surface area contributed by atoms with Gasteiger partial charge in [0.2, 0.25) is 0 Å². The molecule has 4 aliphatic carbocycles. The van der Waals surface area contributed by atoms with Gasteiger partial charge in [-0.05, 0) is 154 Å². The molecule has 0 N–H and O–H groups in total.